The molecule has 0 radical (unpaired) electrons. The molecule has 0 amide bonds. The second kappa shape index (κ2) is 7.97. The molecule has 1 fully saturated rings. The van der Waals surface area contributed by atoms with Crippen molar-refractivity contribution in [1.82, 2.24) is 19.3 Å². The molecule has 2 aromatic heterocycles. The summed E-state index contributed by atoms with van der Waals surface area (Å²) in [4.78, 5) is 12.5. The minimum Gasteiger partial charge on any atom is -0.365 e. The highest BCUT2D eigenvalue weighted by atomic mass is 32.2. The second-order valence-electron chi connectivity index (χ2n) is 5.76. The number of thiazole rings is 1. The van der Waals surface area contributed by atoms with Gasteiger partial charge in [-0.15, -0.1) is 0 Å². The van der Waals surface area contributed by atoms with Crippen LogP contribution in [0.2, 0.25) is 0 Å². The number of nitrogens with one attached hydrogen (secondary N) is 2. The predicted molar refractivity (Wildman–Crippen MR) is 99.4 cm³/mol. The van der Waals surface area contributed by atoms with Crippen molar-refractivity contribution in [1.29, 1.82) is 0 Å². The standard InChI is InChI=1S/C15H19F3N6S2/c1-19-14-21-8-11(26-14)12-10(15(16,17)18)7-20-13(23-12)22-9-3-5-24(25-2)6-4-9/h7-9H,3-6H2,1-2H3,(H,19,21)(H,20,22,23). The number of alkyl halides is 3. The number of hydrogen-bond acceptors (Lipinski definition) is 8. The van der Waals surface area contributed by atoms with Crippen LogP contribution in [-0.2, 0) is 6.18 Å². The normalized spacial score (nSPS) is 16.7. The minimum absolute atomic E-state index is 0.143. The van der Waals surface area contributed by atoms with Crippen molar-refractivity contribution in [3.8, 4) is 10.6 Å². The summed E-state index contributed by atoms with van der Waals surface area (Å²) in [5.74, 6) is 0.218. The summed E-state index contributed by atoms with van der Waals surface area (Å²) >= 11 is 2.83. The maximum absolute atomic E-state index is 13.4. The molecule has 2 aromatic rings. The van der Waals surface area contributed by atoms with Crippen molar-refractivity contribution in [2.75, 3.05) is 37.0 Å². The molecule has 6 nitrogen and oxygen atoms in total. The molecular formula is C15H19F3N6S2. The van der Waals surface area contributed by atoms with Gasteiger partial charge in [0.05, 0.1) is 10.6 Å². The van der Waals surface area contributed by atoms with E-state index < -0.39 is 11.7 Å². The van der Waals surface area contributed by atoms with Crippen molar-refractivity contribution in [2.45, 2.75) is 25.1 Å². The van der Waals surface area contributed by atoms with E-state index in [2.05, 4.69) is 29.9 Å². The lowest BCUT2D eigenvalue weighted by atomic mass is 10.1. The van der Waals surface area contributed by atoms with Gasteiger partial charge in [-0.25, -0.2) is 15.0 Å². The zero-order valence-electron chi connectivity index (χ0n) is 14.3. The molecule has 0 aliphatic carbocycles. The van der Waals surface area contributed by atoms with Crippen molar-refractivity contribution >= 4 is 34.4 Å². The molecule has 1 aliphatic heterocycles. The maximum Gasteiger partial charge on any atom is 0.420 e. The van der Waals surface area contributed by atoms with Gasteiger partial charge in [-0.3, -0.25) is 4.31 Å². The summed E-state index contributed by atoms with van der Waals surface area (Å²) in [5, 5.41) is 6.54. The van der Waals surface area contributed by atoms with Crippen LogP contribution in [0.5, 0.6) is 0 Å². The van der Waals surface area contributed by atoms with Crippen LogP contribution in [-0.4, -0.2) is 51.7 Å². The average molecular weight is 404 g/mol. The largest absolute Gasteiger partial charge is 0.420 e. The fourth-order valence-corrected chi connectivity index (χ4v) is 4.06. The molecule has 26 heavy (non-hydrogen) atoms. The van der Waals surface area contributed by atoms with E-state index in [1.165, 1.54) is 6.20 Å². The average Bonchev–Trinajstić information content (AvgIpc) is 3.10. The van der Waals surface area contributed by atoms with Gasteiger partial charge in [0.15, 0.2) is 5.13 Å². The first-order valence-electron chi connectivity index (χ1n) is 8.04. The van der Waals surface area contributed by atoms with Gasteiger partial charge < -0.3 is 10.6 Å². The number of anilines is 2. The monoisotopic (exact) mass is 404 g/mol. The van der Waals surface area contributed by atoms with Gasteiger partial charge in [-0.1, -0.05) is 23.3 Å². The molecule has 142 valence electrons. The van der Waals surface area contributed by atoms with E-state index in [1.807, 2.05) is 6.26 Å². The van der Waals surface area contributed by atoms with Crippen LogP contribution in [0.3, 0.4) is 0 Å². The van der Waals surface area contributed by atoms with E-state index in [4.69, 9.17) is 0 Å². The van der Waals surface area contributed by atoms with Gasteiger partial charge in [0.1, 0.15) is 5.56 Å². The lowest BCUT2D eigenvalue weighted by molar-refractivity contribution is -0.137. The minimum atomic E-state index is -4.53. The van der Waals surface area contributed by atoms with E-state index in [9.17, 15) is 13.2 Å². The van der Waals surface area contributed by atoms with Gasteiger partial charge in [0.2, 0.25) is 5.95 Å². The number of halogens is 3. The zero-order valence-corrected chi connectivity index (χ0v) is 15.9. The van der Waals surface area contributed by atoms with Gasteiger partial charge in [0.25, 0.3) is 0 Å². The molecule has 0 spiro atoms. The number of aromatic nitrogens is 3. The van der Waals surface area contributed by atoms with E-state index in [-0.39, 0.29) is 17.7 Å². The summed E-state index contributed by atoms with van der Waals surface area (Å²) < 4.78 is 42.3. The molecule has 0 atom stereocenters. The van der Waals surface area contributed by atoms with Gasteiger partial charge in [0, 0.05) is 38.6 Å². The summed E-state index contributed by atoms with van der Waals surface area (Å²) in [6.45, 7) is 1.85. The molecule has 0 bridgehead atoms. The Morgan fingerprint density at radius 3 is 2.54 bits per heavy atom. The van der Waals surface area contributed by atoms with Crippen LogP contribution in [0.15, 0.2) is 12.4 Å². The van der Waals surface area contributed by atoms with Crippen molar-refractivity contribution in [3.05, 3.63) is 18.0 Å². The molecule has 3 rings (SSSR count). The summed E-state index contributed by atoms with van der Waals surface area (Å²) in [7, 11) is 1.67. The number of hydrogen-bond donors (Lipinski definition) is 2. The Bertz CT molecular complexity index is 743. The number of nitrogens with zero attached hydrogens (tertiary/aromatic N) is 4. The molecule has 0 unspecified atom stereocenters. The Balaban J connectivity index is 1.85. The third kappa shape index (κ3) is 4.38. The van der Waals surface area contributed by atoms with Crippen molar-refractivity contribution < 1.29 is 13.2 Å². The number of rotatable bonds is 5. The van der Waals surface area contributed by atoms with Crippen molar-refractivity contribution in [2.24, 2.45) is 0 Å². The third-order valence-corrected chi connectivity index (χ3v) is 6.00. The molecule has 3 heterocycles. The van der Waals surface area contributed by atoms with Crippen LogP contribution in [0, 0.1) is 0 Å². The Morgan fingerprint density at radius 2 is 1.96 bits per heavy atom. The van der Waals surface area contributed by atoms with Gasteiger partial charge in [-0.05, 0) is 19.1 Å². The van der Waals surface area contributed by atoms with Crippen LogP contribution in [0.25, 0.3) is 10.6 Å². The van der Waals surface area contributed by atoms with E-state index >= 15 is 0 Å². The van der Waals surface area contributed by atoms with E-state index in [0.717, 1.165) is 43.5 Å². The summed E-state index contributed by atoms with van der Waals surface area (Å²) in [6.07, 6.45) is 1.54. The van der Waals surface area contributed by atoms with Crippen LogP contribution >= 0.6 is 23.3 Å². The Labute approximate surface area is 157 Å². The van der Waals surface area contributed by atoms with Gasteiger partial charge in [-0.2, -0.15) is 13.2 Å². The first kappa shape index (κ1) is 19.2. The van der Waals surface area contributed by atoms with Crippen LogP contribution in [0.4, 0.5) is 24.3 Å². The highest BCUT2D eigenvalue weighted by Crippen LogP contribution is 2.38. The molecule has 0 saturated carbocycles. The van der Waals surface area contributed by atoms with E-state index in [1.54, 1.807) is 19.0 Å². The molecule has 1 aliphatic rings. The molecule has 11 heteroatoms. The zero-order chi connectivity index (χ0) is 18.7. The van der Waals surface area contributed by atoms with E-state index in [0.29, 0.717) is 10.0 Å². The smallest absolute Gasteiger partial charge is 0.365 e. The maximum atomic E-state index is 13.4. The SMILES string of the molecule is CNc1ncc(-c2nc(NC3CCN(SC)CC3)ncc2C(F)(F)F)s1. The third-order valence-electron chi connectivity index (χ3n) is 4.09. The summed E-state index contributed by atoms with van der Waals surface area (Å²) in [6, 6.07) is 0.150. The molecule has 1 saturated heterocycles. The highest BCUT2D eigenvalue weighted by molar-refractivity contribution is 7.96. The lowest BCUT2D eigenvalue weighted by Crippen LogP contribution is -2.35. The lowest BCUT2D eigenvalue weighted by Gasteiger charge is -2.30. The fraction of sp³-hybridized carbons (Fsp3) is 0.533. The number of piperidine rings is 1. The highest BCUT2D eigenvalue weighted by Gasteiger charge is 2.36. The molecule has 2 N–H and O–H groups in total. The Morgan fingerprint density at radius 1 is 1.23 bits per heavy atom. The van der Waals surface area contributed by atoms with Crippen LogP contribution < -0.4 is 10.6 Å². The Hall–Kier alpha value is -1.59. The summed E-state index contributed by atoms with van der Waals surface area (Å²) in [5.41, 5.74) is -0.998. The molecule has 0 aromatic carbocycles. The van der Waals surface area contributed by atoms with Gasteiger partial charge >= 0.3 is 6.18 Å². The fourth-order valence-electron chi connectivity index (χ4n) is 2.71. The molecular weight excluding hydrogens is 385 g/mol. The van der Waals surface area contributed by atoms with Crippen molar-refractivity contribution in [3.63, 3.8) is 0 Å². The topological polar surface area (TPSA) is 66.0 Å². The Kier molecular flexibility index (Phi) is 5.88. The second-order valence-corrected chi connectivity index (χ2v) is 7.68. The first-order chi connectivity index (χ1) is 12.4. The quantitative estimate of drug-likeness (QED) is 0.735. The predicted octanol–water partition coefficient (Wildman–Crippen LogP) is 3.81. The van der Waals surface area contributed by atoms with Crippen LogP contribution in [0.1, 0.15) is 18.4 Å². The first-order valence-corrected chi connectivity index (χ1v) is 10.0.